The first kappa shape index (κ1) is 17.1. The zero-order valence-corrected chi connectivity index (χ0v) is 15.2. The lowest BCUT2D eigenvalue weighted by Crippen LogP contribution is -2.47. The van der Waals surface area contributed by atoms with Crippen LogP contribution in [-0.2, 0) is 11.2 Å². The Kier molecular flexibility index (Phi) is 4.66. The summed E-state index contributed by atoms with van der Waals surface area (Å²) in [4.78, 5) is 15.1. The van der Waals surface area contributed by atoms with Gasteiger partial charge in [0.1, 0.15) is 11.8 Å². The molecule has 3 atom stereocenters. The highest BCUT2D eigenvalue weighted by Gasteiger charge is 2.38. The summed E-state index contributed by atoms with van der Waals surface area (Å²) in [5.41, 5.74) is 9.94. The van der Waals surface area contributed by atoms with Crippen molar-refractivity contribution in [3.8, 4) is 5.75 Å². The van der Waals surface area contributed by atoms with E-state index in [0.717, 1.165) is 29.8 Å². The summed E-state index contributed by atoms with van der Waals surface area (Å²) in [6.07, 6.45) is 1.66. The number of fused-ring (bicyclic) bond motifs is 1. The zero-order chi connectivity index (χ0) is 18.1. The molecule has 0 aromatic heterocycles. The molecule has 5 nitrogen and oxygen atoms in total. The second kappa shape index (κ2) is 7.09. The van der Waals surface area contributed by atoms with E-state index in [1.165, 1.54) is 5.56 Å². The summed E-state index contributed by atoms with van der Waals surface area (Å²) in [5.74, 6) is 1.01. The molecule has 1 amide bonds. The molecule has 4 rings (SSSR count). The topological polar surface area (TPSA) is 53.6 Å². The predicted octanol–water partition coefficient (Wildman–Crippen LogP) is 2.97. The molecule has 136 valence electrons. The van der Waals surface area contributed by atoms with E-state index in [0.29, 0.717) is 6.61 Å². The number of nitrogens with zero attached hydrogens (tertiary/aromatic N) is 1. The molecule has 2 aromatic carbocycles. The number of nitrogens with one attached hydrogen (secondary N) is 2. The quantitative estimate of drug-likeness (QED) is 0.889. The van der Waals surface area contributed by atoms with E-state index in [9.17, 15) is 4.79 Å². The lowest BCUT2D eigenvalue weighted by atomic mass is 10.0. The average molecular weight is 351 g/mol. The number of para-hydroxylation sites is 1. The molecular weight excluding hydrogens is 326 g/mol. The van der Waals surface area contributed by atoms with Crippen molar-refractivity contribution >= 4 is 11.6 Å². The molecule has 2 N–H and O–H groups in total. The smallest absolute Gasteiger partial charge is 0.245 e. The molecule has 26 heavy (non-hydrogen) atoms. The first-order valence-corrected chi connectivity index (χ1v) is 9.32. The second-order valence-electron chi connectivity index (χ2n) is 7.02. The average Bonchev–Trinajstić information content (AvgIpc) is 3.26. The minimum Gasteiger partial charge on any atom is -0.494 e. The van der Waals surface area contributed by atoms with Crippen LogP contribution < -0.4 is 20.5 Å². The van der Waals surface area contributed by atoms with E-state index >= 15 is 0 Å². The standard InChI is InChI=1S/C21H25N3O2/c1-3-26-17-10-8-15(9-11-17)18-13-19(23-22-18)21(25)24-14(2)12-16-6-4-5-7-20(16)24/h4-11,14,18-19,22-23H,3,12-13H2,1-2H3. The fraction of sp³-hybridized carbons (Fsp3) is 0.381. The fourth-order valence-corrected chi connectivity index (χ4v) is 3.97. The number of anilines is 1. The number of rotatable bonds is 4. The number of benzene rings is 2. The van der Waals surface area contributed by atoms with Gasteiger partial charge in [-0.3, -0.25) is 4.79 Å². The number of carbonyl (C=O) groups is 1. The Morgan fingerprint density at radius 1 is 1.15 bits per heavy atom. The molecule has 1 saturated heterocycles. The van der Waals surface area contributed by atoms with Crippen LogP contribution in [0, 0.1) is 0 Å². The first-order chi connectivity index (χ1) is 12.7. The van der Waals surface area contributed by atoms with Crippen LogP contribution in [0.2, 0.25) is 0 Å². The highest BCUT2D eigenvalue weighted by molar-refractivity contribution is 5.99. The van der Waals surface area contributed by atoms with Gasteiger partial charge in [0.2, 0.25) is 5.91 Å². The molecule has 0 radical (unpaired) electrons. The normalized spacial score (nSPS) is 24.5. The third-order valence-corrected chi connectivity index (χ3v) is 5.24. The van der Waals surface area contributed by atoms with Crippen LogP contribution in [0.4, 0.5) is 5.69 Å². The van der Waals surface area contributed by atoms with Gasteiger partial charge in [-0.1, -0.05) is 30.3 Å². The summed E-state index contributed by atoms with van der Waals surface area (Å²) in [5, 5.41) is 0. The molecule has 1 fully saturated rings. The van der Waals surface area contributed by atoms with Gasteiger partial charge in [0.05, 0.1) is 6.61 Å². The van der Waals surface area contributed by atoms with Gasteiger partial charge in [0.15, 0.2) is 0 Å². The molecule has 0 bridgehead atoms. The lowest BCUT2D eigenvalue weighted by Gasteiger charge is -2.25. The van der Waals surface area contributed by atoms with E-state index in [2.05, 4.69) is 36.0 Å². The Labute approximate surface area is 154 Å². The van der Waals surface area contributed by atoms with Crippen LogP contribution in [-0.4, -0.2) is 24.6 Å². The van der Waals surface area contributed by atoms with E-state index in [4.69, 9.17) is 4.74 Å². The van der Waals surface area contributed by atoms with E-state index < -0.39 is 0 Å². The molecule has 3 unspecified atom stereocenters. The van der Waals surface area contributed by atoms with Gasteiger partial charge in [0, 0.05) is 17.8 Å². The third-order valence-electron chi connectivity index (χ3n) is 5.24. The summed E-state index contributed by atoms with van der Waals surface area (Å²) < 4.78 is 5.50. The third kappa shape index (κ3) is 3.08. The number of hydrogen-bond donors (Lipinski definition) is 2. The molecule has 0 aliphatic carbocycles. The van der Waals surface area contributed by atoms with Crippen molar-refractivity contribution in [2.45, 2.75) is 44.8 Å². The summed E-state index contributed by atoms with van der Waals surface area (Å²) >= 11 is 0. The van der Waals surface area contributed by atoms with Gasteiger partial charge in [-0.05, 0) is 56.0 Å². The molecule has 2 aromatic rings. The SMILES string of the molecule is CCOc1ccc(C2CC(C(=O)N3c4ccccc4CC3C)NN2)cc1. The molecule has 2 aliphatic rings. The van der Waals surface area contributed by atoms with Crippen LogP contribution in [0.3, 0.4) is 0 Å². The molecule has 2 aliphatic heterocycles. The van der Waals surface area contributed by atoms with Crippen LogP contribution in [0.25, 0.3) is 0 Å². The molecule has 0 spiro atoms. The Bertz CT molecular complexity index is 790. The monoisotopic (exact) mass is 351 g/mol. The fourth-order valence-electron chi connectivity index (χ4n) is 3.97. The van der Waals surface area contributed by atoms with Crippen molar-refractivity contribution in [2.24, 2.45) is 0 Å². The van der Waals surface area contributed by atoms with Crippen molar-refractivity contribution in [3.05, 3.63) is 59.7 Å². The minimum atomic E-state index is -0.222. The Morgan fingerprint density at radius 3 is 2.69 bits per heavy atom. The van der Waals surface area contributed by atoms with Crippen LogP contribution in [0.1, 0.15) is 37.4 Å². The van der Waals surface area contributed by atoms with E-state index in [-0.39, 0.29) is 24.0 Å². The molecule has 5 heteroatoms. The van der Waals surface area contributed by atoms with Crippen LogP contribution in [0.15, 0.2) is 48.5 Å². The molecule has 0 saturated carbocycles. The van der Waals surface area contributed by atoms with Crippen molar-refractivity contribution in [1.82, 2.24) is 10.9 Å². The van der Waals surface area contributed by atoms with Gasteiger partial charge < -0.3 is 9.64 Å². The number of amides is 1. The van der Waals surface area contributed by atoms with Crippen molar-refractivity contribution in [3.63, 3.8) is 0 Å². The molecular formula is C21H25N3O2. The zero-order valence-electron chi connectivity index (χ0n) is 15.2. The van der Waals surface area contributed by atoms with Crippen molar-refractivity contribution < 1.29 is 9.53 Å². The van der Waals surface area contributed by atoms with Gasteiger partial charge in [-0.15, -0.1) is 0 Å². The van der Waals surface area contributed by atoms with Crippen molar-refractivity contribution in [2.75, 3.05) is 11.5 Å². The Balaban J connectivity index is 1.46. The Morgan fingerprint density at radius 2 is 1.92 bits per heavy atom. The minimum absolute atomic E-state index is 0.118. The van der Waals surface area contributed by atoms with E-state index in [1.54, 1.807) is 0 Å². The van der Waals surface area contributed by atoms with Gasteiger partial charge in [-0.25, -0.2) is 10.9 Å². The molecule has 2 heterocycles. The van der Waals surface area contributed by atoms with Crippen LogP contribution >= 0.6 is 0 Å². The predicted molar refractivity (Wildman–Crippen MR) is 102 cm³/mol. The van der Waals surface area contributed by atoms with Crippen molar-refractivity contribution in [1.29, 1.82) is 0 Å². The highest BCUT2D eigenvalue weighted by Crippen LogP contribution is 2.34. The van der Waals surface area contributed by atoms with Crippen LogP contribution in [0.5, 0.6) is 5.75 Å². The summed E-state index contributed by atoms with van der Waals surface area (Å²) in [6.45, 7) is 4.75. The number of ether oxygens (including phenoxy) is 1. The number of hydrazine groups is 1. The van der Waals surface area contributed by atoms with E-state index in [1.807, 2.05) is 42.2 Å². The summed E-state index contributed by atoms with van der Waals surface area (Å²) in [7, 11) is 0. The summed E-state index contributed by atoms with van der Waals surface area (Å²) in [6, 6.07) is 16.4. The van der Waals surface area contributed by atoms with Gasteiger partial charge >= 0.3 is 0 Å². The lowest BCUT2D eigenvalue weighted by molar-refractivity contribution is -0.120. The second-order valence-corrected chi connectivity index (χ2v) is 7.02. The largest absolute Gasteiger partial charge is 0.494 e. The highest BCUT2D eigenvalue weighted by atomic mass is 16.5. The first-order valence-electron chi connectivity index (χ1n) is 9.32. The van der Waals surface area contributed by atoms with Gasteiger partial charge in [0.25, 0.3) is 0 Å². The number of hydrogen-bond acceptors (Lipinski definition) is 4. The number of carbonyl (C=O) groups excluding carboxylic acids is 1. The van der Waals surface area contributed by atoms with Gasteiger partial charge in [-0.2, -0.15) is 0 Å². The Hall–Kier alpha value is -2.37. The maximum absolute atomic E-state index is 13.1. The maximum Gasteiger partial charge on any atom is 0.245 e. The maximum atomic E-state index is 13.1.